The van der Waals surface area contributed by atoms with Crippen molar-refractivity contribution in [3.8, 4) is 0 Å². The van der Waals surface area contributed by atoms with Gasteiger partial charge in [-0.25, -0.2) is 4.79 Å². The van der Waals surface area contributed by atoms with E-state index in [-0.39, 0.29) is 11.0 Å². The van der Waals surface area contributed by atoms with Crippen molar-refractivity contribution in [3.63, 3.8) is 0 Å². The lowest BCUT2D eigenvalue weighted by molar-refractivity contribution is 0.0696. The number of rotatable bonds is 4. The third kappa shape index (κ3) is 3.67. The van der Waals surface area contributed by atoms with Crippen LogP contribution in [0.4, 0.5) is 0 Å². The number of benzene rings is 1. The molecule has 0 spiro atoms. The summed E-state index contributed by atoms with van der Waals surface area (Å²) >= 11 is 1.63. The smallest absolute Gasteiger partial charge is 0.338 e. The summed E-state index contributed by atoms with van der Waals surface area (Å²) in [4.78, 5) is 11.9. The van der Waals surface area contributed by atoms with Gasteiger partial charge in [0.1, 0.15) is 12.0 Å². The quantitative estimate of drug-likeness (QED) is 0.838. The molecule has 2 rings (SSSR count). The van der Waals surface area contributed by atoms with Crippen LogP contribution >= 0.6 is 11.8 Å². The van der Waals surface area contributed by atoms with E-state index in [1.807, 2.05) is 0 Å². The first-order valence-corrected chi connectivity index (χ1v) is 7.39. The van der Waals surface area contributed by atoms with E-state index >= 15 is 0 Å². The number of thioether (sulfide) groups is 1. The molecule has 0 aliphatic rings. The normalized spacial score (nSPS) is 11.6. The average molecular weight is 290 g/mol. The number of carboxylic acids is 1. The van der Waals surface area contributed by atoms with Gasteiger partial charge in [-0.3, -0.25) is 0 Å². The molecule has 1 aromatic heterocycles. The Balaban J connectivity index is 1.98. The Bertz CT molecular complexity index is 591. The Kier molecular flexibility index (Phi) is 4.23. The topological polar surface area (TPSA) is 50.4 Å². The zero-order valence-electron chi connectivity index (χ0n) is 11.8. The summed E-state index contributed by atoms with van der Waals surface area (Å²) in [6.45, 7) is 6.56. The van der Waals surface area contributed by atoms with Crippen LogP contribution in [-0.2, 0) is 11.2 Å². The molecule has 0 atom stereocenters. The molecule has 0 aliphatic carbocycles. The van der Waals surface area contributed by atoms with Crippen molar-refractivity contribution < 1.29 is 14.3 Å². The van der Waals surface area contributed by atoms with Gasteiger partial charge in [-0.2, -0.15) is 0 Å². The van der Waals surface area contributed by atoms with E-state index in [2.05, 4.69) is 45.0 Å². The van der Waals surface area contributed by atoms with Crippen molar-refractivity contribution >= 4 is 17.7 Å². The van der Waals surface area contributed by atoms with E-state index in [0.29, 0.717) is 11.5 Å². The Morgan fingerprint density at radius 1 is 1.25 bits per heavy atom. The van der Waals surface area contributed by atoms with Crippen LogP contribution < -0.4 is 0 Å². The van der Waals surface area contributed by atoms with Gasteiger partial charge in [0.05, 0.1) is 11.3 Å². The van der Waals surface area contributed by atoms with Crippen molar-refractivity contribution in [2.45, 2.75) is 36.8 Å². The second-order valence-electron chi connectivity index (χ2n) is 5.67. The fourth-order valence-electron chi connectivity index (χ4n) is 1.77. The minimum atomic E-state index is -0.959. The molecule has 0 aliphatic heterocycles. The zero-order chi connectivity index (χ0) is 14.8. The number of hydrogen-bond donors (Lipinski definition) is 1. The van der Waals surface area contributed by atoms with Gasteiger partial charge in [-0.05, 0) is 29.2 Å². The van der Waals surface area contributed by atoms with E-state index in [0.717, 1.165) is 4.90 Å². The van der Waals surface area contributed by atoms with Gasteiger partial charge in [0.25, 0.3) is 0 Å². The van der Waals surface area contributed by atoms with Gasteiger partial charge in [0, 0.05) is 4.90 Å². The highest BCUT2D eigenvalue weighted by molar-refractivity contribution is 7.98. The van der Waals surface area contributed by atoms with E-state index in [4.69, 9.17) is 9.52 Å². The summed E-state index contributed by atoms with van der Waals surface area (Å²) < 4.78 is 5.22. The monoisotopic (exact) mass is 290 g/mol. The van der Waals surface area contributed by atoms with Crippen molar-refractivity contribution in [1.29, 1.82) is 0 Å². The number of carboxylic acid groups (broad SMARTS) is 1. The fourth-order valence-corrected chi connectivity index (χ4v) is 2.56. The van der Waals surface area contributed by atoms with Crippen LogP contribution in [0.25, 0.3) is 0 Å². The summed E-state index contributed by atoms with van der Waals surface area (Å²) in [5.41, 5.74) is 1.65. The Labute approximate surface area is 123 Å². The lowest BCUT2D eigenvalue weighted by Gasteiger charge is -2.18. The van der Waals surface area contributed by atoms with Gasteiger partial charge in [0.15, 0.2) is 0 Å². The first-order chi connectivity index (χ1) is 9.36. The minimum Gasteiger partial charge on any atom is -0.478 e. The average Bonchev–Trinajstić information content (AvgIpc) is 2.85. The Morgan fingerprint density at radius 3 is 2.40 bits per heavy atom. The fraction of sp³-hybridized carbons (Fsp3) is 0.312. The molecular formula is C16H18O3S. The highest BCUT2D eigenvalue weighted by Gasteiger charge is 2.13. The van der Waals surface area contributed by atoms with Gasteiger partial charge in [0.2, 0.25) is 0 Å². The number of hydrogen-bond acceptors (Lipinski definition) is 3. The van der Waals surface area contributed by atoms with Crippen LogP contribution in [0.15, 0.2) is 45.9 Å². The predicted octanol–water partition coefficient (Wildman–Crippen LogP) is 4.57. The summed E-state index contributed by atoms with van der Waals surface area (Å²) in [5, 5.41) is 8.82. The molecule has 0 amide bonds. The zero-order valence-corrected chi connectivity index (χ0v) is 12.7. The van der Waals surface area contributed by atoms with Gasteiger partial charge >= 0.3 is 5.97 Å². The summed E-state index contributed by atoms with van der Waals surface area (Å²) in [5.74, 6) is 0.342. The first-order valence-electron chi connectivity index (χ1n) is 6.40. The molecule has 0 unspecified atom stereocenters. The van der Waals surface area contributed by atoms with Gasteiger partial charge < -0.3 is 9.52 Å². The summed E-state index contributed by atoms with van der Waals surface area (Å²) in [7, 11) is 0. The highest BCUT2D eigenvalue weighted by atomic mass is 32.2. The molecule has 4 heteroatoms. The predicted molar refractivity (Wildman–Crippen MR) is 80.4 cm³/mol. The highest BCUT2D eigenvalue weighted by Crippen LogP contribution is 2.27. The molecule has 0 saturated carbocycles. The van der Waals surface area contributed by atoms with Crippen LogP contribution in [0.3, 0.4) is 0 Å². The van der Waals surface area contributed by atoms with Crippen molar-refractivity contribution in [1.82, 2.24) is 0 Å². The van der Waals surface area contributed by atoms with Crippen molar-refractivity contribution in [2.75, 3.05) is 0 Å². The standard InChI is InChI=1S/C16H18O3S/c1-16(2,3)12-4-6-14(7-5-12)20-10-13-8-11(9-19-13)15(17)18/h4-9H,10H2,1-3H3,(H,17,18). The molecule has 0 radical (unpaired) electrons. The molecule has 0 saturated heterocycles. The van der Waals surface area contributed by atoms with Crippen molar-refractivity contribution in [3.05, 3.63) is 53.5 Å². The van der Waals surface area contributed by atoms with E-state index in [1.165, 1.54) is 11.8 Å². The number of aromatic carboxylic acids is 1. The van der Waals surface area contributed by atoms with E-state index in [1.54, 1.807) is 17.8 Å². The molecule has 1 aromatic carbocycles. The molecule has 2 aromatic rings. The minimum absolute atomic E-state index is 0.153. The molecule has 0 fully saturated rings. The van der Waals surface area contributed by atoms with Gasteiger partial charge in [-0.1, -0.05) is 32.9 Å². The van der Waals surface area contributed by atoms with Gasteiger partial charge in [-0.15, -0.1) is 11.8 Å². The molecule has 1 heterocycles. The van der Waals surface area contributed by atoms with Crippen LogP contribution in [0.2, 0.25) is 0 Å². The lowest BCUT2D eigenvalue weighted by Crippen LogP contribution is -2.10. The van der Waals surface area contributed by atoms with E-state index < -0.39 is 5.97 Å². The second kappa shape index (κ2) is 5.75. The third-order valence-corrected chi connectivity index (χ3v) is 4.04. The van der Waals surface area contributed by atoms with Crippen LogP contribution in [0, 0.1) is 0 Å². The Hall–Kier alpha value is -1.68. The molecule has 20 heavy (non-hydrogen) atoms. The maximum Gasteiger partial charge on any atom is 0.338 e. The molecular weight excluding hydrogens is 272 g/mol. The first kappa shape index (κ1) is 14.7. The molecule has 0 bridgehead atoms. The third-order valence-electron chi connectivity index (χ3n) is 3.00. The van der Waals surface area contributed by atoms with Crippen LogP contribution in [-0.4, -0.2) is 11.1 Å². The molecule has 1 N–H and O–H groups in total. The molecule has 3 nitrogen and oxygen atoms in total. The van der Waals surface area contributed by atoms with Crippen molar-refractivity contribution in [2.24, 2.45) is 0 Å². The largest absolute Gasteiger partial charge is 0.478 e. The SMILES string of the molecule is CC(C)(C)c1ccc(SCc2cc(C(=O)O)co2)cc1. The van der Waals surface area contributed by atoms with Crippen LogP contribution in [0.5, 0.6) is 0 Å². The second-order valence-corrected chi connectivity index (χ2v) is 6.72. The Morgan fingerprint density at radius 2 is 1.90 bits per heavy atom. The lowest BCUT2D eigenvalue weighted by atomic mass is 9.87. The van der Waals surface area contributed by atoms with E-state index in [9.17, 15) is 4.79 Å². The maximum absolute atomic E-state index is 10.8. The summed E-state index contributed by atoms with van der Waals surface area (Å²) in [6.07, 6.45) is 1.28. The maximum atomic E-state index is 10.8. The molecule has 106 valence electrons. The number of furan rings is 1. The van der Waals surface area contributed by atoms with Crippen LogP contribution in [0.1, 0.15) is 42.5 Å². The number of carbonyl (C=O) groups is 1. The summed E-state index contributed by atoms with van der Waals surface area (Å²) in [6, 6.07) is 10.0.